The van der Waals surface area contributed by atoms with Gasteiger partial charge in [-0.15, -0.1) is 0 Å². The van der Waals surface area contributed by atoms with Crippen LogP contribution in [0.15, 0.2) is 89.3 Å². The van der Waals surface area contributed by atoms with E-state index in [0.29, 0.717) is 17.1 Å². The highest BCUT2D eigenvalue weighted by Gasteiger charge is 2.44. The normalized spacial score (nSPS) is 17.5. The molecule has 1 unspecified atom stereocenters. The van der Waals surface area contributed by atoms with Crippen molar-refractivity contribution in [3.05, 3.63) is 90.0 Å². The summed E-state index contributed by atoms with van der Waals surface area (Å²) in [5.74, 6) is -0.219. The number of anilines is 2. The number of hydrogen-bond donors (Lipinski definition) is 2. The Kier molecular flexibility index (Phi) is 5.99. The van der Waals surface area contributed by atoms with Crippen molar-refractivity contribution >= 4 is 39.3 Å². The molecule has 33 heavy (non-hydrogen) atoms. The van der Waals surface area contributed by atoms with E-state index >= 15 is 0 Å². The van der Waals surface area contributed by atoms with E-state index in [1.807, 2.05) is 0 Å². The molecule has 0 bridgehead atoms. The maximum atomic E-state index is 13.3. The quantitative estimate of drug-likeness (QED) is 0.429. The second kappa shape index (κ2) is 8.89. The van der Waals surface area contributed by atoms with Gasteiger partial charge in [-0.2, -0.15) is 0 Å². The molecule has 1 aliphatic heterocycles. The van der Waals surface area contributed by atoms with Gasteiger partial charge in [-0.05, 0) is 60.2 Å². The summed E-state index contributed by atoms with van der Waals surface area (Å²) in [6.07, 6.45) is 1.65. The van der Waals surface area contributed by atoms with E-state index < -0.39 is 27.9 Å². The number of carbonyl (C=O) groups excluding carboxylic acids is 2. The van der Waals surface area contributed by atoms with Crippen LogP contribution in [0.4, 0.5) is 11.4 Å². The monoisotopic (exact) mass is 463 g/mol. The topological polar surface area (TPSA) is 119 Å². The van der Waals surface area contributed by atoms with E-state index in [9.17, 15) is 18.0 Å². The number of rotatable bonds is 6. The number of primary sulfonamides is 1. The van der Waals surface area contributed by atoms with Crippen LogP contribution in [-0.2, 0) is 19.6 Å². The molecule has 168 valence electrons. The standard InChI is InChI=1S/C24H21N3O5S/c1-32-19-11-7-16(8-12-19)15-21-22(26-17-9-13-20(14-10-17)33(25,30)31)24(29)27(23(21)28)18-5-3-2-4-6-18/h2-15,22,26H,1H3,(H2,25,30,31). The molecule has 2 amide bonds. The number of amides is 2. The van der Waals surface area contributed by atoms with Crippen molar-refractivity contribution in [3.63, 3.8) is 0 Å². The fraction of sp³-hybridized carbons (Fsp3) is 0.0833. The number of ether oxygens (including phenoxy) is 1. The van der Waals surface area contributed by atoms with E-state index in [0.717, 1.165) is 10.5 Å². The average Bonchev–Trinajstić information content (AvgIpc) is 3.04. The third-order valence-corrected chi connectivity index (χ3v) is 6.10. The summed E-state index contributed by atoms with van der Waals surface area (Å²) < 4.78 is 28.2. The minimum absolute atomic E-state index is 0.0539. The fourth-order valence-electron chi connectivity index (χ4n) is 3.51. The fourth-order valence-corrected chi connectivity index (χ4v) is 4.02. The molecule has 1 aliphatic rings. The van der Waals surface area contributed by atoms with Crippen molar-refractivity contribution in [2.45, 2.75) is 10.9 Å². The van der Waals surface area contributed by atoms with E-state index in [1.54, 1.807) is 67.8 Å². The molecule has 0 spiro atoms. The van der Waals surface area contributed by atoms with Crippen LogP contribution in [0, 0.1) is 0 Å². The molecule has 3 N–H and O–H groups in total. The highest BCUT2D eigenvalue weighted by atomic mass is 32.2. The van der Waals surface area contributed by atoms with Gasteiger partial charge in [0.05, 0.1) is 23.3 Å². The van der Waals surface area contributed by atoms with Crippen LogP contribution < -0.4 is 20.1 Å². The van der Waals surface area contributed by atoms with Crippen LogP contribution >= 0.6 is 0 Å². The predicted octanol–water partition coefficient (Wildman–Crippen LogP) is 2.78. The molecular weight excluding hydrogens is 442 g/mol. The van der Waals surface area contributed by atoms with Crippen molar-refractivity contribution in [1.29, 1.82) is 0 Å². The van der Waals surface area contributed by atoms with E-state index in [2.05, 4.69) is 5.32 Å². The third-order valence-electron chi connectivity index (χ3n) is 5.17. The third kappa shape index (κ3) is 4.64. The van der Waals surface area contributed by atoms with Crippen molar-refractivity contribution in [1.82, 2.24) is 0 Å². The molecule has 1 saturated heterocycles. The maximum absolute atomic E-state index is 13.3. The number of methoxy groups -OCH3 is 1. The zero-order valence-corrected chi connectivity index (χ0v) is 18.5. The molecule has 9 heteroatoms. The van der Waals surface area contributed by atoms with Crippen LogP contribution in [0.3, 0.4) is 0 Å². The summed E-state index contributed by atoms with van der Waals surface area (Å²) in [6.45, 7) is 0. The first-order valence-corrected chi connectivity index (χ1v) is 11.5. The Hall–Kier alpha value is -3.95. The van der Waals surface area contributed by atoms with Gasteiger partial charge in [-0.3, -0.25) is 9.59 Å². The molecule has 0 radical (unpaired) electrons. The van der Waals surface area contributed by atoms with Gasteiger partial charge < -0.3 is 10.1 Å². The van der Waals surface area contributed by atoms with Crippen LogP contribution in [0.5, 0.6) is 5.75 Å². The molecule has 0 aliphatic carbocycles. The molecule has 4 rings (SSSR count). The number of para-hydroxylation sites is 1. The van der Waals surface area contributed by atoms with Gasteiger partial charge in [0.25, 0.3) is 11.8 Å². The van der Waals surface area contributed by atoms with E-state index in [1.165, 1.54) is 24.3 Å². The van der Waals surface area contributed by atoms with Crippen molar-refractivity contribution in [3.8, 4) is 5.75 Å². The Morgan fingerprint density at radius 2 is 1.58 bits per heavy atom. The minimum Gasteiger partial charge on any atom is -0.497 e. The molecule has 0 saturated carbocycles. The van der Waals surface area contributed by atoms with Gasteiger partial charge in [-0.1, -0.05) is 30.3 Å². The first-order chi connectivity index (χ1) is 15.8. The molecule has 3 aromatic rings. The van der Waals surface area contributed by atoms with Gasteiger partial charge in [0.15, 0.2) is 0 Å². The summed E-state index contributed by atoms with van der Waals surface area (Å²) in [4.78, 5) is 27.7. The Bertz CT molecular complexity index is 1320. The van der Waals surface area contributed by atoms with Gasteiger partial charge in [0.2, 0.25) is 10.0 Å². The molecule has 1 fully saturated rings. The molecule has 3 aromatic carbocycles. The molecule has 0 aromatic heterocycles. The Balaban J connectivity index is 1.72. The summed E-state index contributed by atoms with van der Waals surface area (Å²) in [6, 6.07) is 20.4. The van der Waals surface area contributed by atoms with Crippen LogP contribution in [0.1, 0.15) is 5.56 Å². The molecular formula is C24H21N3O5S. The van der Waals surface area contributed by atoms with Gasteiger partial charge in [-0.25, -0.2) is 18.5 Å². The van der Waals surface area contributed by atoms with Crippen molar-refractivity contribution in [2.75, 3.05) is 17.3 Å². The number of carbonyl (C=O) groups is 2. The van der Waals surface area contributed by atoms with Gasteiger partial charge >= 0.3 is 0 Å². The summed E-state index contributed by atoms with van der Waals surface area (Å²) in [5.41, 5.74) is 1.90. The molecule has 1 atom stereocenters. The lowest BCUT2D eigenvalue weighted by Gasteiger charge is -2.15. The zero-order chi connectivity index (χ0) is 23.6. The zero-order valence-electron chi connectivity index (χ0n) is 17.6. The Morgan fingerprint density at radius 1 is 0.939 bits per heavy atom. The number of imide groups is 1. The average molecular weight is 464 g/mol. The smallest absolute Gasteiger partial charge is 0.263 e. The van der Waals surface area contributed by atoms with Crippen LogP contribution in [0.2, 0.25) is 0 Å². The SMILES string of the molecule is COc1ccc(C=C2C(=O)N(c3ccccc3)C(=O)C2Nc2ccc(S(N)(=O)=O)cc2)cc1. The van der Waals surface area contributed by atoms with E-state index in [4.69, 9.17) is 9.88 Å². The van der Waals surface area contributed by atoms with Gasteiger partial charge in [0.1, 0.15) is 11.8 Å². The molecule has 8 nitrogen and oxygen atoms in total. The highest BCUT2D eigenvalue weighted by molar-refractivity contribution is 7.89. The lowest BCUT2D eigenvalue weighted by Crippen LogP contribution is -2.34. The van der Waals surface area contributed by atoms with Crippen LogP contribution in [-0.4, -0.2) is 33.4 Å². The Morgan fingerprint density at radius 3 is 2.15 bits per heavy atom. The maximum Gasteiger partial charge on any atom is 0.263 e. The number of benzene rings is 3. The van der Waals surface area contributed by atoms with Gasteiger partial charge in [0, 0.05) is 5.69 Å². The largest absolute Gasteiger partial charge is 0.497 e. The number of nitrogens with one attached hydrogen (secondary N) is 1. The summed E-state index contributed by atoms with van der Waals surface area (Å²) in [5, 5.41) is 8.20. The second-order valence-electron chi connectivity index (χ2n) is 7.33. The summed E-state index contributed by atoms with van der Waals surface area (Å²) >= 11 is 0. The second-order valence-corrected chi connectivity index (χ2v) is 8.90. The lowest BCUT2D eigenvalue weighted by molar-refractivity contribution is -0.121. The predicted molar refractivity (Wildman–Crippen MR) is 125 cm³/mol. The van der Waals surface area contributed by atoms with Crippen molar-refractivity contribution in [2.24, 2.45) is 5.14 Å². The first kappa shape index (κ1) is 22.3. The van der Waals surface area contributed by atoms with Crippen LogP contribution in [0.25, 0.3) is 6.08 Å². The highest BCUT2D eigenvalue weighted by Crippen LogP contribution is 2.30. The summed E-state index contributed by atoms with van der Waals surface area (Å²) in [7, 11) is -2.29. The number of sulfonamides is 1. The van der Waals surface area contributed by atoms with E-state index in [-0.39, 0.29) is 10.5 Å². The lowest BCUT2D eigenvalue weighted by atomic mass is 10.1. The number of nitrogens with two attached hydrogens (primary N) is 1. The number of nitrogens with zero attached hydrogens (tertiary/aromatic N) is 1. The Labute approximate surface area is 191 Å². The first-order valence-electron chi connectivity index (χ1n) is 9.96. The number of hydrogen-bond acceptors (Lipinski definition) is 6. The molecule has 1 heterocycles. The van der Waals surface area contributed by atoms with Crippen molar-refractivity contribution < 1.29 is 22.7 Å². The minimum atomic E-state index is -3.85.